The van der Waals surface area contributed by atoms with Gasteiger partial charge in [0.1, 0.15) is 17.3 Å². The summed E-state index contributed by atoms with van der Waals surface area (Å²) in [6, 6.07) is 19.7. The van der Waals surface area contributed by atoms with E-state index in [9.17, 15) is 23.9 Å². The minimum atomic E-state index is -1.07. The molecule has 2 fully saturated rings. The quantitative estimate of drug-likeness (QED) is 0.0423. The summed E-state index contributed by atoms with van der Waals surface area (Å²) in [5.41, 5.74) is 8.67. The number of anilines is 1. The number of hydrazine groups is 1. The van der Waals surface area contributed by atoms with Crippen molar-refractivity contribution in [3.63, 3.8) is 0 Å². The van der Waals surface area contributed by atoms with Crippen molar-refractivity contribution in [2.75, 3.05) is 5.32 Å². The number of hydrogen-bond acceptors (Lipinski definition) is 8. The van der Waals surface area contributed by atoms with Gasteiger partial charge in [-0.05, 0) is 78.5 Å². The van der Waals surface area contributed by atoms with Gasteiger partial charge in [0.05, 0.1) is 6.10 Å². The number of phenolic OH excluding ortho intramolecular Hbond substituents is 1. The molecule has 1 amide bonds. The molecule has 2 aliphatic rings. The predicted octanol–water partition coefficient (Wildman–Crippen LogP) is 6.41. The zero-order chi connectivity index (χ0) is 36.2. The molecule has 10 nitrogen and oxygen atoms in total. The van der Waals surface area contributed by atoms with Crippen LogP contribution in [-0.2, 0) is 0 Å². The zero-order valence-corrected chi connectivity index (χ0v) is 27.3. The summed E-state index contributed by atoms with van der Waals surface area (Å²) in [7, 11) is 0. The Morgan fingerprint density at radius 2 is 1.58 bits per heavy atom. The van der Waals surface area contributed by atoms with Gasteiger partial charge in [-0.1, -0.05) is 56.1 Å². The molecule has 6 rings (SSSR count). The summed E-state index contributed by atoms with van der Waals surface area (Å²) >= 11 is 0. The van der Waals surface area contributed by atoms with E-state index in [1.807, 2.05) is 6.07 Å². The van der Waals surface area contributed by atoms with Gasteiger partial charge in [0.25, 0.3) is 19.3 Å². The molecule has 1 unspecified atom stereocenters. The summed E-state index contributed by atoms with van der Waals surface area (Å²) < 4.78 is 33.5. The van der Waals surface area contributed by atoms with Gasteiger partial charge >= 0.3 is 0 Å². The highest BCUT2D eigenvalue weighted by atomic mass is 19.2. The maximum atomic E-state index is 13.8. The molecular formula is C36H37B2F2N7O3. The van der Waals surface area contributed by atoms with Crippen LogP contribution < -0.4 is 27.5 Å². The van der Waals surface area contributed by atoms with E-state index in [0.717, 1.165) is 43.1 Å². The number of aromatic hydroxyl groups is 1. The lowest BCUT2D eigenvalue weighted by atomic mass is 9.50. The Morgan fingerprint density at radius 1 is 0.860 bits per heavy atom. The van der Waals surface area contributed by atoms with E-state index in [4.69, 9.17) is 21.1 Å². The molecule has 254 valence electrons. The Hall–Kier alpha value is -5.69. The minimum absolute atomic E-state index is 0.0512. The average molecular weight is 675 g/mol. The van der Waals surface area contributed by atoms with Gasteiger partial charge in [0.15, 0.2) is 11.6 Å². The van der Waals surface area contributed by atoms with Crippen LogP contribution in [0.4, 0.5) is 14.5 Å². The van der Waals surface area contributed by atoms with E-state index in [0.29, 0.717) is 35.6 Å². The van der Waals surface area contributed by atoms with Crippen molar-refractivity contribution < 1.29 is 23.4 Å². The van der Waals surface area contributed by atoms with Crippen molar-refractivity contribution in [1.29, 1.82) is 15.9 Å². The van der Waals surface area contributed by atoms with E-state index in [1.54, 1.807) is 36.4 Å². The topological polar surface area (TPSA) is 208 Å². The second-order valence-electron chi connectivity index (χ2n) is 12.0. The van der Waals surface area contributed by atoms with Crippen LogP contribution in [0.25, 0.3) is 22.3 Å². The number of phenols is 1. The van der Waals surface area contributed by atoms with E-state index >= 15 is 0 Å². The number of nitrogens with two attached hydrogens (primary N) is 3. The van der Waals surface area contributed by atoms with E-state index in [-0.39, 0.29) is 41.1 Å². The number of amidine groups is 1. The summed E-state index contributed by atoms with van der Waals surface area (Å²) in [6.45, 7) is 0.352. The highest BCUT2D eigenvalue weighted by molar-refractivity contribution is 6.68. The number of hydrogen-bond donors (Lipinski definition) is 6. The smallest absolute Gasteiger partial charge is 0.271 e. The fraction of sp³-hybridized carbons (Fsp3) is 0.222. The number of amides is 1. The predicted molar refractivity (Wildman–Crippen MR) is 193 cm³/mol. The molecule has 2 aliphatic heterocycles. The number of carbonyl (C=O) groups is 1. The van der Waals surface area contributed by atoms with Crippen molar-refractivity contribution in [3.8, 4) is 45.7 Å². The number of rotatable bonds is 7. The number of nitrogen functional groups attached to an aromatic ring is 1. The van der Waals surface area contributed by atoms with Crippen LogP contribution in [-0.4, -0.2) is 36.4 Å². The van der Waals surface area contributed by atoms with Crippen molar-refractivity contribution in [2.45, 2.75) is 50.6 Å². The minimum Gasteiger partial charge on any atom is -0.507 e. The fourth-order valence-electron chi connectivity index (χ4n) is 5.96. The second kappa shape index (κ2) is 17.6. The third-order valence-corrected chi connectivity index (χ3v) is 8.61. The molecule has 0 radical (unpaired) electrons. The molecule has 4 aromatic carbocycles. The molecule has 0 aliphatic carbocycles. The molecule has 9 N–H and O–H groups in total. The Balaban J connectivity index is 0.000000549. The highest BCUT2D eigenvalue weighted by Gasteiger charge is 2.30. The zero-order valence-electron chi connectivity index (χ0n) is 27.3. The van der Waals surface area contributed by atoms with Crippen LogP contribution in [0.5, 0.6) is 11.5 Å². The summed E-state index contributed by atoms with van der Waals surface area (Å²) in [4.78, 5) is 13.2. The van der Waals surface area contributed by atoms with E-state index in [2.05, 4.69) is 28.9 Å². The highest BCUT2D eigenvalue weighted by Crippen LogP contribution is 2.37. The van der Waals surface area contributed by atoms with Crippen molar-refractivity contribution >= 4 is 30.9 Å². The van der Waals surface area contributed by atoms with Gasteiger partial charge in [-0.25, -0.2) is 19.3 Å². The average Bonchev–Trinajstić information content (AvgIpc) is 3.84. The monoisotopic (exact) mass is 675 g/mol. The molecule has 2 heterocycles. The van der Waals surface area contributed by atoms with Crippen LogP contribution in [0.2, 0.25) is 25.3 Å². The van der Waals surface area contributed by atoms with Gasteiger partial charge in [-0.2, -0.15) is 0 Å². The van der Waals surface area contributed by atoms with Crippen LogP contribution in [0.3, 0.4) is 0 Å². The number of carbonyl (C=O) groups excluding carboxylic acids is 1. The first-order valence-electron chi connectivity index (χ1n) is 16.1. The molecule has 50 heavy (non-hydrogen) atoms. The van der Waals surface area contributed by atoms with Gasteiger partial charge in [-0.3, -0.25) is 21.9 Å². The summed E-state index contributed by atoms with van der Waals surface area (Å²) in [5.74, 6) is 10.3. The van der Waals surface area contributed by atoms with Gasteiger partial charge < -0.3 is 20.9 Å². The van der Waals surface area contributed by atoms with Gasteiger partial charge in [0.2, 0.25) is 0 Å². The lowest BCUT2D eigenvalue weighted by Crippen LogP contribution is -2.15. The molecule has 0 aromatic heterocycles. The molecule has 0 saturated carbocycles. The second-order valence-corrected chi connectivity index (χ2v) is 12.0. The fourth-order valence-corrected chi connectivity index (χ4v) is 5.96. The summed E-state index contributed by atoms with van der Waals surface area (Å²) in [6.07, 6.45) is 6.88. The lowest BCUT2D eigenvalue weighted by molar-refractivity contribution is 0.102. The molecule has 1 atom stereocenters. The maximum Gasteiger partial charge on any atom is 0.271 e. The Kier molecular flexibility index (Phi) is 13.1. The van der Waals surface area contributed by atoms with Gasteiger partial charge in [0, 0.05) is 39.9 Å². The Bertz CT molecular complexity index is 1930. The Labute approximate surface area is 290 Å². The normalized spacial score (nSPS) is 14.6. The van der Waals surface area contributed by atoms with Crippen molar-refractivity contribution in [1.82, 2.24) is 0 Å². The number of nitrogens with zero attached hydrogens (tertiary/aromatic N) is 2. The molecular weight excluding hydrogens is 638 g/mol. The van der Waals surface area contributed by atoms with Crippen LogP contribution in [0, 0.1) is 39.5 Å². The van der Waals surface area contributed by atoms with Gasteiger partial charge in [-0.15, -0.1) is 0 Å². The van der Waals surface area contributed by atoms with E-state index in [1.165, 1.54) is 37.1 Å². The number of nitriles is 2. The number of ether oxygens (including phenoxy) is 1. The van der Waals surface area contributed by atoms with Crippen LogP contribution in [0.1, 0.15) is 35.2 Å². The van der Waals surface area contributed by atoms with Crippen molar-refractivity contribution in [2.24, 2.45) is 17.4 Å². The van der Waals surface area contributed by atoms with E-state index < -0.39 is 17.5 Å². The van der Waals surface area contributed by atoms with Crippen LogP contribution in [0.15, 0.2) is 78.9 Å². The first-order valence-corrected chi connectivity index (χ1v) is 16.1. The molecule has 2 saturated heterocycles. The molecule has 0 spiro atoms. The summed E-state index contributed by atoms with van der Waals surface area (Å²) in [5, 5.41) is 38.6. The SMILES string of the molecule is N#CB1CCC(Oc2ccc(NC(=O)c3ccc(O)c(-c4ccc(F)c(F)c4)c3)cc2-c2cccc(C(=N)N)c2)C1.N#CB1CCCC1.NN. The third-order valence-electron chi connectivity index (χ3n) is 8.61. The first kappa shape index (κ1) is 37.1. The maximum absolute atomic E-state index is 13.8. The lowest BCUT2D eigenvalue weighted by Gasteiger charge is -2.19. The van der Waals surface area contributed by atoms with Crippen LogP contribution >= 0.6 is 0 Å². The standard InChI is InChI=1S/C31H25BF2N4O3.C5H8BN.H4N2/c33-26-7-4-19(14-27(26)34)24-13-21(5-8-28(24)39)31(40)38-22-6-9-29(41-23-10-11-32(16-23)17-35)25(15-22)18-2-1-3-20(12-18)30(36)37;7-5-6-3-1-2-4-6;1-2/h1-9,12-15,23,39H,10-11,16H2,(H3,36,37)(H,38,40);1-4H2;1-2H2. The van der Waals surface area contributed by atoms with Crippen molar-refractivity contribution in [3.05, 3.63) is 102 Å². The number of halogens is 2. The number of nitrogens with one attached hydrogen (secondary N) is 2. The largest absolute Gasteiger partial charge is 0.507 e. The number of benzene rings is 4. The molecule has 14 heteroatoms. The molecule has 0 bridgehead atoms. The first-order chi connectivity index (χ1) is 24.1. The third kappa shape index (κ3) is 9.47. The molecule has 4 aromatic rings. The Morgan fingerprint density at radius 3 is 2.22 bits per heavy atom.